The van der Waals surface area contributed by atoms with Crippen molar-refractivity contribution in [3.05, 3.63) is 34.9 Å². The molecule has 0 spiro atoms. The molecule has 116 valence electrons. The first-order valence-electron chi connectivity index (χ1n) is 7.68. The van der Waals surface area contributed by atoms with Gasteiger partial charge in [0.05, 0.1) is 35.3 Å². The fourth-order valence-corrected chi connectivity index (χ4v) is 3.02. The van der Waals surface area contributed by atoms with Crippen molar-refractivity contribution in [2.75, 3.05) is 11.4 Å². The number of fused-ring (bicyclic) bond motifs is 1. The molecule has 0 radical (unpaired) electrons. The number of aliphatic hydroxyl groups excluding tert-OH is 1. The molecule has 6 nitrogen and oxygen atoms in total. The Kier molecular flexibility index (Phi) is 3.50. The van der Waals surface area contributed by atoms with Crippen LogP contribution in [0.3, 0.4) is 0 Å². The van der Waals surface area contributed by atoms with E-state index in [1.165, 1.54) is 0 Å². The molecule has 7 heteroatoms. The molecule has 1 saturated carbocycles. The standard InChI is InChI=1S/C15H18ClN5O/c16-11-7-17-15(18-8-11)20-4-1-5-21-12(9-20)6-13(19-21)14(22)10-2-3-10/h6-8,10,14,22H,1-5,9H2. The van der Waals surface area contributed by atoms with E-state index in [0.717, 1.165) is 43.7 Å². The van der Waals surface area contributed by atoms with E-state index in [2.05, 4.69) is 20.0 Å². The summed E-state index contributed by atoms with van der Waals surface area (Å²) in [5.41, 5.74) is 1.90. The van der Waals surface area contributed by atoms with E-state index in [9.17, 15) is 5.11 Å². The van der Waals surface area contributed by atoms with Gasteiger partial charge in [0.15, 0.2) is 0 Å². The van der Waals surface area contributed by atoms with Crippen LogP contribution >= 0.6 is 11.6 Å². The highest BCUT2D eigenvalue weighted by molar-refractivity contribution is 6.30. The molecule has 3 heterocycles. The SMILES string of the molecule is OC(c1cc2n(n1)CCCN(c1ncc(Cl)cn1)C2)C1CC1. The normalized spacial score (nSPS) is 19.6. The number of hydrogen-bond donors (Lipinski definition) is 1. The molecule has 22 heavy (non-hydrogen) atoms. The van der Waals surface area contributed by atoms with Crippen LogP contribution in [0.25, 0.3) is 0 Å². The molecule has 2 aromatic rings. The number of halogens is 1. The Morgan fingerprint density at radius 1 is 1.23 bits per heavy atom. The predicted octanol–water partition coefficient (Wildman–Crippen LogP) is 2.18. The van der Waals surface area contributed by atoms with Crippen LogP contribution in [0.1, 0.15) is 36.8 Å². The Hall–Kier alpha value is -1.66. The van der Waals surface area contributed by atoms with Crippen molar-refractivity contribution in [3.63, 3.8) is 0 Å². The largest absolute Gasteiger partial charge is 0.386 e. The molecular formula is C15H18ClN5O. The van der Waals surface area contributed by atoms with Crippen molar-refractivity contribution in [2.24, 2.45) is 5.92 Å². The third kappa shape index (κ3) is 2.68. The van der Waals surface area contributed by atoms with E-state index in [0.29, 0.717) is 23.4 Å². The zero-order valence-corrected chi connectivity index (χ0v) is 12.9. The molecule has 1 aliphatic carbocycles. The number of rotatable bonds is 3. The third-order valence-corrected chi connectivity index (χ3v) is 4.49. The Morgan fingerprint density at radius 3 is 2.73 bits per heavy atom. The topological polar surface area (TPSA) is 67.1 Å². The zero-order chi connectivity index (χ0) is 15.1. The molecule has 1 aliphatic heterocycles. The monoisotopic (exact) mass is 319 g/mol. The van der Waals surface area contributed by atoms with Gasteiger partial charge >= 0.3 is 0 Å². The van der Waals surface area contributed by atoms with Gasteiger partial charge in [-0.05, 0) is 31.2 Å². The number of anilines is 1. The van der Waals surface area contributed by atoms with Crippen LogP contribution < -0.4 is 4.90 Å². The van der Waals surface area contributed by atoms with Crippen LogP contribution in [0.15, 0.2) is 18.5 Å². The minimum atomic E-state index is -0.417. The van der Waals surface area contributed by atoms with Gasteiger partial charge in [0.1, 0.15) is 6.10 Å². The van der Waals surface area contributed by atoms with E-state index in [1.807, 2.05) is 10.7 Å². The highest BCUT2D eigenvalue weighted by atomic mass is 35.5. The third-order valence-electron chi connectivity index (χ3n) is 4.29. The lowest BCUT2D eigenvalue weighted by Crippen LogP contribution is -2.24. The van der Waals surface area contributed by atoms with Crippen molar-refractivity contribution in [2.45, 2.75) is 38.5 Å². The molecule has 0 amide bonds. The van der Waals surface area contributed by atoms with E-state index in [1.54, 1.807) is 12.4 Å². The Morgan fingerprint density at radius 2 is 2.00 bits per heavy atom. The van der Waals surface area contributed by atoms with Crippen molar-refractivity contribution >= 4 is 17.5 Å². The predicted molar refractivity (Wildman–Crippen MR) is 82.6 cm³/mol. The summed E-state index contributed by atoms with van der Waals surface area (Å²) in [6.45, 7) is 2.44. The number of aliphatic hydroxyl groups is 1. The fraction of sp³-hybridized carbons (Fsp3) is 0.533. The summed E-state index contributed by atoms with van der Waals surface area (Å²) in [5, 5.41) is 15.4. The van der Waals surface area contributed by atoms with Gasteiger partial charge in [-0.25, -0.2) is 9.97 Å². The summed E-state index contributed by atoms with van der Waals surface area (Å²) in [6.07, 6.45) is 6.00. The number of aromatic nitrogens is 4. The minimum absolute atomic E-state index is 0.398. The Balaban J connectivity index is 1.58. The lowest BCUT2D eigenvalue weighted by Gasteiger charge is -2.19. The average Bonchev–Trinajstić information content (AvgIpc) is 3.32. The molecule has 2 aromatic heterocycles. The summed E-state index contributed by atoms with van der Waals surface area (Å²) >= 11 is 5.85. The van der Waals surface area contributed by atoms with Crippen molar-refractivity contribution in [1.29, 1.82) is 0 Å². The van der Waals surface area contributed by atoms with Gasteiger partial charge in [-0.3, -0.25) is 4.68 Å². The molecule has 1 fully saturated rings. The average molecular weight is 320 g/mol. The van der Waals surface area contributed by atoms with E-state index >= 15 is 0 Å². The fourth-order valence-electron chi connectivity index (χ4n) is 2.92. The highest BCUT2D eigenvalue weighted by Crippen LogP contribution is 2.40. The van der Waals surface area contributed by atoms with Gasteiger partial charge in [0.25, 0.3) is 0 Å². The van der Waals surface area contributed by atoms with Crippen LogP contribution in [0.4, 0.5) is 5.95 Å². The Bertz CT molecular complexity index is 667. The van der Waals surface area contributed by atoms with Crippen LogP contribution in [0.5, 0.6) is 0 Å². The van der Waals surface area contributed by atoms with Crippen LogP contribution in [-0.4, -0.2) is 31.4 Å². The van der Waals surface area contributed by atoms with Crippen molar-refractivity contribution in [3.8, 4) is 0 Å². The first-order chi connectivity index (χ1) is 10.7. The van der Waals surface area contributed by atoms with Gasteiger partial charge in [0.2, 0.25) is 5.95 Å². The number of nitrogens with zero attached hydrogens (tertiary/aromatic N) is 5. The van der Waals surface area contributed by atoms with Crippen LogP contribution in [0.2, 0.25) is 5.02 Å². The second kappa shape index (κ2) is 5.52. The molecule has 1 atom stereocenters. The second-order valence-corrected chi connectivity index (χ2v) is 6.48. The molecule has 4 rings (SSSR count). The molecule has 0 aromatic carbocycles. The maximum atomic E-state index is 10.3. The number of hydrogen-bond acceptors (Lipinski definition) is 5. The van der Waals surface area contributed by atoms with Gasteiger partial charge in [-0.15, -0.1) is 0 Å². The molecule has 1 N–H and O–H groups in total. The van der Waals surface area contributed by atoms with Gasteiger partial charge in [-0.2, -0.15) is 5.10 Å². The first-order valence-corrected chi connectivity index (χ1v) is 8.06. The van der Waals surface area contributed by atoms with Gasteiger partial charge in [0, 0.05) is 13.1 Å². The summed E-state index contributed by atoms with van der Waals surface area (Å²) in [4.78, 5) is 10.7. The number of aryl methyl sites for hydroxylation is 1. The zero-order valence-electron chi connectivity index (χ0n) is 12.2. The Labute approximate surface area is 133 Å². The molecule has 0 saturated heterocycles. The van der Waals surface area contributed by atoms with Crippen LogP contribution in [0, 0.1) is 5.92 Å². The maximum Gasteiger partial charge on any atom is 0.225 e. The summed E-state index contributed by atoms with van der Waals surface area (Å²) in [6, 6.07) is 2.03. The molecule has 2 aliphatic rings. The van der Waals surface area contributed by atoms with Crippen molar-refractivity contribution in [1.82, 2.24) is 19.7 Å². The maximum absolute atomic E-state index is 10.3. The van der Waals surface area contributed by atoms with Gasteiger partial charge in [-0.1, -0.05) is 11.6 Å². The quantitative estimate of drug-likeness (QED) is 0.939. The smallest absolute Gasteiger partial charge is 0.225 e. The second-order valence-electron chi connectivity index (χ2n) is 6.04. The van der Waals surface area contributed by atoms with E-state index in [-0.39, 0.29) is 0 Å². The lowest BCUT2D eigenvalue weighted by atomic mass is 10.1. The first kappa shape index (κ1) is 14.0. The van der Waals surface area contributed by atoms with Crippen LogP contribution in [-0.2, 0) is 13.1 Å². The molecule has 0 bridgehead atoms. The van der Waals surface area contributed by atoms with E-state index in [4.69, 9.17) is 11.6 Å². The summed E-state index contributed by atoms with van der Waals surface area (Å²) in [5.74, 6) is 1.08. The minimum Gasteiger partial charge on any atom is -0.386 e. The molecular weight excluding hydrogens is 302 g/mol. The van der Waals surface area contributed by atoms with E-state index < -0.39 is 6.10 Å². The summed E-state index contributed by atoms with van der Waals surface area (Å²) < 4.78 is 2.01. The van der Waals surface area contributed by atoms with Gasteiger partial charge < -0.3 is 10.0 Å². The highest BCUT2D eigenvalue weighted by Gasteiger charge is 2.33. The van der Waals surface area contributed by atoms with Crippen molar-refractivity contribution < 1.29 is 5.11 Å². The lowest BCUT2D eigenvalue weighted by molar-refractivity contribution is 0.148. The molecule has 1 unspecified atom stereocenters. The summed E-state index contributed by atoms with van der Waals surface area (Å²) in [7, 11) is 0.